The van der Waals surface area contributed by atoms with Gasteiger partial charge in [-0.15, -0.1) is 0 Å². The standard InChI is InChI=1S/C13H18BrNO/c1-10-6-8-15(9-7-10)12-5-3-4-11(14)13(12)16-2/h3-5,10H,6-9H2,1-2H3. The molecule has 0 atom stereocenters. The summed E-state index contributed by atoms with van der Waals surface area (Å²) in [5, 5.41) is 0. The molecule has 0 saturated carbocycles. The summed E-state index contributed by atoms with van der Waals surface area (Å²) < 4.78 is 6.50. The van der Waals surface area contributed by atoms with E-state index in [4.69, 9.17) is 4.74 Å². The van der Waals surface area contributed by atoms with Crippen molar-refractivity contribution < 1.29 is 4.74 Å². The van der Waals surface area contributed by atoms with Gasteiger partial charge in [0.1, 0.15) is 0 Å². The highest BCUT2D eigenvalue weighted by atomic mass is 79.9. The molecule has 1 aliphatic heterocycles. The van der Waals surface area contributed by atoms with Gasteiger partial charge in [0, 0.05) is 13.1 Å². The summed E-state index contributed by atoms with van der Waals surface area (Å²) in [7, 11) is 1.73. The number of halogens is 1. The maximum atomic E-state index is 5.47. The summed E-state index contributed by atoms with van der Waals surface area (Å²) in [6.45, 7) is 4.59. The zero-order valence-electron chi connectivity index (χ0n) is 9.87. The molecule has 16 heavy (non-hydrogen) atoms. The van der Waals surface area contributed by atoms with Crippen LogP contribution >= 0.6 is 15.9 Å². The van der Waals surface area contributed by atoms with Crippen molar-refractivity contribution in [3.05, 3.63) is 22.7 Å². The number of anilines is 1. The molecule has 1 saturated heterocycles. The molecule has 0 aliphatic carbocycles. The average molecular weight is 284 g/mol. The van der Waals surface area contributed by atoms with E-state index in [0.717, 1.165) is 29.2 Å². The van der Waals surface area contributed by atoms with Crippen LogP contribution in [0.5, 0.6) is 5.75 Å². The Morgan fingerprint density at radius 3 is 2.62 bits per heavy atom. The first kappa shape index (κ1) is 11.8. The number of nitrogens with zero attached hydrogens (tertiary/aromatic N) is 1. The minimum absolute atomic E-state index is 0.856. The van der Waals surface area contributed by atoms with Gasteiger partial charge < -0.3 is 9.64 Å². The molecule has 3 heteroatoms. The first-order valence-electron chi connectivity index (χ1n) is 5.80. The lowest BCUT2D eigenvalue weighted by molar-refractivity contribution is 0.402. The molecule has 1 aromatic rings. The van der Waals surface area contributed by atoms with E-state index in [9.17, 15) is 0 Å². The molecule has 0 bridgehead atoms. The van der Waals surface area contributed by atoms with Crippen LogP contribution in [-0.2, 0) is 0 Å². The van der Waals surface area contributed by atoms with Gasteiger partial charge in [-0.25, -0.2) is 0 Å². The van der Waals surface area contributed by atoms with Crippen LogP contribution in [0, 0.1) is 5.92 Å². The maximum absolute atomic E-state index is 5.47. The molecular weight excluding hydrogens is 266 g/mol. The van der Waals surface area contributed by atoms with E-state index in [2.05, 4.69) is 39.9 Å². The third-order valence-electron chi connectivity index (χ3n) is 3.27. The third kappa shape index (κ3) is 2.34. The van der Waals surface area contributed by atoms with Crippen LogP contribution in [0.15, 0.2) is 22.7 Å². The second kappa shape index (κ2) is 5.09. The quantitative estimate of drug-likeness (QED) is 0.821. The van der Waals surface area contributed by atoms with Crippen molar-refractivity contribution >= 4 is 21.6 Å². The molecule has 1 heterocycles. The highest BCUT2D eigenvalue weighted by Crippen LogP contribution is 2.37. The molecular formula is C13H18BrNO. The number of hydrogen-bond donors (Lipinski definition) is 0. The summed E-state index contributed by atoms with van der Waals surface area (Å²) in [5.74, 6) is 1.81. The molecule has 2 rings (SSSR count). The fraction of sp³-hybridized carbons (Fsp3) is 0.538. The third-order valence-corrected chi connectivity index (χ3v) is 3.90. The zero-order chi connectivity index (χ0) is 11.5. The van der Waals surface area contributed by atoms with E-state index in [0.29, 0.717) is 0 Å². The van der Waals surface area contributed by atoms with Crippen molar-refractivity contribution in [1.82, 2.24) is 0 Å². The van der Waals surface area contributed by atoms with Gasteiger partial charge in [0.2, 0.25) is 0 Å². The van der Waals surface area contributed by atoms with Gasteiger partial charge >= 0.3 is 0 Å². The van der Waals surface area contributed by atoms with Crippen LogP contribution in [0.1, 0.15) is 19.8 Å². The summed E-state index contributed by atoms with van der Waals surface area (Å²) in [6.07, 6.45) is 2.55. The molecule has 0 N–H and O–H groups in total. The molecule has 1 aliphatic rings. The lowest BCUT2D eigenvalue weighted by Gasteiger charge is -2.33. The fourth-order valence-corrected chi connectivity index (χ4v) is 2.72. The SMILES string of the molecule is COc1c(Br)cccc1N1CCC(C)CC1. The van der Waals surface area contributed by atoms with Gasteiger partial charge in [-0.3, -0.25) is 0 Å². The summed E-state index contributed by atoms with van der Waals surface area (Å²) >= 11 is 3.53. The molecule has 0 aromatic heterocycles. The number of piperidine rings is 1. The van der Waals surface area contributed by atoms with Crippen LogP contribution < -0.4 is 9.64 Å². The number of ether oxygens (including phenoxy) is 1. The normalized spacial score (nSPS) is 17.6. The van der Waals surface area contributed by atoms with E-state index in [-0.39, 0.29) is 0 Å². The monoisotopic (exact) mass is 283 g/mol. The van der Waals surface area contributed by atoms with E-state index in [1.54, 1.807) is 7.11 Å². The molecule has 0 radical (unpaired) electrons. The van der Waals surface area contributed by atoms with Crippen LogP contribution in [0.3, 0.4) is 0 Å². The van der Waals surface area contributed by atoms with Crippen molar-refractivity contribution in [2.75, 3.05) is 25.1 Å². The van der Waals surface area contributed by atoms with E-state index < -0.39 is 0 Å². The Morgan fingerprint density at radius 2 is 2.00 bits per heavy atom. The number of hydrogen-bond acceptors (Lipinski definition) is 2. The van der Waals surface area contributed by atoms with E-state index in [1.165, 1.54) is 18.5 Å². The largest absolute Gasteiger partial charge is 0.493 e. The molecule has 0 amide bonds. The van der Waals surface area contributed by atoms with Crippen LogP contribution in [-0.4, -0.2) is 20.2 Å². The second-order valence-corrected chi connectivity index (χ2v) is 5.32. The van der Waals surface area contributed by atoms with E-state index in [1.807, 2.05) is 6.07 Å². The molecule has 0 spiro atoms. The van der Waals surface area contributed by atoms with Crippen molar-refractivity contribution in [2.24, 2.45) is 5.92 Å². The number of rotatable bonds is 2. The Hall–Kier alpha value is -0.700. The van der Waals surface area contributed by atoms with Gasteiger partial charge in [-0.05, 0) is 46.8 Å². The fourth-order valence-electron chi connectivity index (χ4n) is 2.20. The Balaban J connectivity index is 2.23. The lowest BCUT2D eigenvalue weighted by atomic mass is 9.99. The Labute approximate surface area is 106 Å². The van der Waals surface area contributed by atoms with Crippen LogP contribution in [0.25, 0.3) is 0 Å². The molecule has 0 unspecified atom stereocenters. The minimum Gasteiger partial charge on any atom is -0.493 e. The lowest BCUT2D eigenvalue weighted by Crippen LogP contribution is -2.33. The van der Waals surface area contributed by atoms with Gasteiger partial charge in [0.05, 0.1) is 17.3 Å². The summed E-state index contributed by atoms with van der Waals surface area (Å²) in [4.78, 5) is 2.42. The maximum Gasteiger partial charge on any atom is 0.156 e. The minimum atomic E-state index is 0.856. The summed E-state index contributed by atoms with van der Waals surface area (Å²) in [6, 6.07) is 6.23. The van der Waals surface area contributed by atoms with Gasteiger partial charge in [0.15, 0.2) is 5.75 Å². The molecule has 1 aromatic carbocycles. The number of methoxy groups -OCH3 is 1. The Bertz CT molecular complexity index is 359. The first-order valence-corrected chi connectivity index (χ1v) is 6.59. The van der Waals surface area contributed by atoms with Gasteiger partial charge in [-0.1, -0.05) is 13.0 Å². The van der Waals surface area contributed by atoms with Crippen LogP contribution in [0.4, 0.5) is 5.69 Å². The molecule has 88 valence electrons. The highest BCUT2D eigenvalue weighted by molar-refractivity contribution is 9.10. The topological polar surface area (TPSA) is 12.5 Å². The molecule has 1 fully saturated rings. The Morgan fingerprint density at radius 1 is 1.31 bits per heavy atom. The predicted molar refractivity (Wildman–Crippen MR) is 71.3 cm³/mol. The molecule has 2 nitrogen and oxygen atoms in total. The number of para-hydroxylation sites is 1. The Kier molecular flexibility index (Phi) is 3.74. The van der Waals surface area contributed by atoms with Crippen molar-refractivity contribution in [3.8, 4) is 5.75 Å². The van der Waals surface area contributed by atoms with Crippen molar-refractivity contribution in [3.63, 3.8) is 0 Å². The van der Waals surface area contributed by atoms with Crippen molar-refractivity contribution in [2.45, 2.75) is 19.8 Å². The van der Waals surface area contributed by atoms with Crippen molar-refractivity contribution in [1.29, 1.82) is 0 Å². The average Bonchev–Trinajstić information content (AvgIpc) is 2.30. The first-order chi connectivity index (χ1) is 7.72. The van der Waals surface area contributed by atoms with Gasteiger partial charge in [0.25, 0.3) is 0 Å². The van der Waals surface area contributed by atoms with Gasteiger partial charge in [-0.2, -0.15) is 0 Å². The zero-order valence-corrected chi connectivity index (χ0v) is 11.5. The highest BCUT2D eigenvalue weighted by Gasteiger charge is 2.19. The number of benzene rings is 1. The summed E-state index contributed by atoms with van der Waals surface area (Å²) in [5.41, 5.74) is 1.21. The smallest absolute Gasteiger partial charge is 0.156 e. The second-order valence-electron chi connectivity index (χ2n) is 4.46. The van der Waals surface area contributed by atoms with E-state index >= 15 is 0 Å². The van der Waals surface area contributed by atoms with Crippen LogP contribution in [0.2, 0.25) is 0 Å². The predicted octanol–water partition coefficient (Wildman–Crippen LogP) is 3.69.